The van der Waals surface area contributed by atoms with Gasteiger partial charge in [0, 0.05) is 24.3 Å². The Balaban J connectivity index is 2.16. The van der Waals surface area contributed by atoms with Crippen LogP contribution in [0.4, 0.5) is 11.8 Å². The van der Waals surface area contributed by atoms with Gasteiger partial charge in [0.05, 0.1) is 0 Å². The van der Waals surface area contributed by atoms with Crippen molar-refractivity contribution in [1.82, 2.24) is 9.97 Å². The highest BCUT2D eigenvalue weighted by Gasteiger charge is 2.31. The van der Waals surface area contributed by atoms with Gasteiger partial charge >= 0.3 is 0 Å². The van der Waals surface area contributed by atoms with Crippen LogP contribution in [-0.2, 0) is 0 Å². The summed E-state index contributed by atoms with van der Waals surface area (Å²) in [6.07, 6.45) is 3.77. The third-order valence-corrected chi connectivity index (χ3v) is 2.96. The maximum atomic E-state index is 4.39. The molecule has 1 saturated carbocycles. The predicted octanol–water partition coefficient (Wildman–Crippen LogP) is 2.18. The van der Waals surface area contributed by atoms with E-state index >= 15 is 0 Å². The Morgan fingerprint density at radius 3 is 2.60 bits per heavy atom. The molecule has 0 amide bonds. The summed E-state index contributed by atoms with van der Waals surface area (Å²) in [7, 11) is 1.84. The molecular formula is C11H18N4. The molecule has 1 fully saturated rings. The van der Waals surface area contributed by atoms with Gasteiger partial charge in [-0.05, 0) is 33.1 Å². The quantitative estimate of drug-likeness (QED) is 0.796. The number of nitrogens with zero attached hydrogens (tertiary/aromatic N) is 2. The fourth-order valence-corrected chi connectivity index (χ4v) is 1.89. The third-order valence-electron chi connectivity index (χ3n) is 2.96. The summed E-state index contributed by atoms with van der Waals surface area (Å²) in [6, 6.07) is 1.99. The molecule has 1 aromatic heterocycles. The van der Waals surface area contributed by atoms with Crippen molar-refractivity contribution >= 4 is 11.8 Å². The van der Waals surface area contributed by atoms with E-state index in [9.17, 15) is 0 Å². The number of aryl methyl sites for hydroxylation is 1. The average Bonchev–Trinajstić information content (AvgIpc) is 2.14. The summed E-state index contributed by atoms with van der Waals surface area (Å²) < 4.78 is 0. The molecule has 4 heteroatoms. The van der Waals surface area contributed by atoms with Crippen LogP contribution in [0.5, 0.6) is 0 Å². The molecular weight excluding hydrogens is 188 g/mol. The molecule has 0 unspecified atom stereocenters. The van der Waals surface area contributed by atoms with Crippen molar-refractivity contribution in [2.75, 3.05) is 17.7 Å². The Labute approximate surface area is 90.5 Å². The zero-order valence-electron chi connectivity index (χ0n) is 9.59. The Kier molecular flexibility index (Phi) is 2.50. The van der Waals surface area contributed by atoms with Gasteiger partial charge in [-0.15, -0.1) is 0 Å². The van der Waals surface area contributed by atoms with Crippen LogP contribution in [-0.4, -0.2) is 22.6 Å². The second-order valence-corrected chi connectivity index (χ2v) is 4.51. The first-order valence-corrected chi connectivity index (χ1v) is 5.43. The molecule has 0 saturated heterocycles. The smallest absolute Gasteiger partial charge is 0.224 e. The van der Waals surface area contributed by atoms with Crippen molar-refractivity contribution in [3.63, 3.8) is 0 Å². The van der Waals surface area contributed by atoms with Crippen molar-refractivity contribution in [2.45, 2.75) is 38.6 Å². The minimum atomic E-state index is 0.242. The van der Waals surface area contributed by atoms with Gasteiger partial charge in [-0.1, -0.05) is 0 Å². The number of aromatic nitrogens is 2. The molecule has 2 rings (SSSR count). The minimum Gasteiger partial charge on any atom is -0.365 e. The van der Waals surface area contributed by atoms with Gasteiger partial charge in [0.1, 0.15) is 5.82 Å². The monoisotopic (exact) mass is 206 g/mol. The lowest BCUT2D eigenvalue weighted by molar-refractivity contribution is 0.306. The molecule has 0 atom stereocenters. The zero-order chi connectivity index (χ0) is 10.9. The van der Waals surface area contributed by atoms with Crippen LogP contribution in [0.2, 0.25) is 0 Å². The Morgan fingerprint density at radius 1 is 1.33 bits per heavy atom. The van der Waals surface area contributed by atoms with E-state index in [0.717, 1.165) is 11.5 Å². The summed E-state index contributed by atoms with van der Waals surface area (Å²) in [6.45, 7) is 4.23. The number of nitrogens with one attached hydrogen (secondary N) is 2. The highest BCUT2D eigenvalue weighted by Crippen LogP contribution is 2.34. The average molecular weight is 206 g/mol. The second-order valence-electron chi connectivity index (χ2n) is 4.51. The first kappa shape index (κ1) is 10.2. The number of hydrogen-bond donors (Lipinski definition) is 2. The van der Waals surface area contributed by atoms with Crippen LogP contribution in [0, 0.1) is 6.92 Å². The number of rotatable bonds is 3. The molecule has 0 aromatic carbocycles. The summed E-state index contributed by atoms with van der Waals surface area (Å²) in [5, 5.41) is 6.45. The van der Waals surface area contributed by atoms with Gasteiger partial charge in [-0.3, -0.25) is 0 Å². The molecule has 1 aromatic rings. The van der Waals surface area contributed by atoms with Gasteiger partial charge in [0.2, 0.25) is 5.95 Å². The SMILES string of the molecule is CNc1nc(C)cc(NC2(C)CCC2)n1. The first-order valence-electron chi connectivity index (χ1n) is 5.43. The lowest BCUT2D eigenvalue weighted by Gasteiger charge is -2.39. The topological polar surface area (TPSA) is 49.8 Å². The van der Waals surface area contributed by atoms with E-state index in [1.807, 2.05) is 20.0 Å². The van der Waals surface area contributed by atoms with Gasteiger partial charge in [0.25, 0.3) is 0 Å². The fraction of sp³-hybridized carbons (Fsp3) is 0.636. The van der Waals surface area contributed by atoms with E-state index in [1.165, 1.54) is 19.3 Å². The summed E-state index contributed by atoms with van der Waals surface area (Å²) in [4.78, 5) is 8.65. The molecule has 2 N–H and O–H groups in total. The highest BCUT2D eigenvalue weighted by atomic mass is 15.2. The van der Waals surface area contributed by atoms with E-state index in [1.54, 1.807) is 0 Å². The molecule has 15 heavy (non-hydrogen) atoms. The molecule has 4 nitrogen and oxygen atoms in total. The summed E-state index contributed by atoms with van der Waals surface area (Å²) in [5.74, 6) is 1.61. The normalized spacial score (nSPS) is 18.1. The predicted molar refractivity (Wildman–Crippen MR) is 62.2 cm³/mol. The summed E-state index contributed by atoms with van der Waals surface area (Å²) in [5.41, 5.74) is 1.23. The van der Waals surface area contributed by atoms with Gasteiger partial charge in [0.15, 0.2) is 0 Å². The van der Waals surface area contributed by atoms with E-state index < -0.39 is 0 Å². The van der Waals surface area contributed by atoms with Crippen LogP contribution in [0.25, 0.3) is 0 Å². The fourth-order valence-electron chi connectivity index (χ4n) is 1.89. The number of hydrogen-bond acceptors (Lipinski definition) is 4. The molecule has 0 bridgehead atoms. The van der Waals surface area contributed by atoms with Crippen LogP contribution >= 0.6 is 0 Å². The zero-order valence-corrected chi connectivity index (χ0v) is 9.59. The standard InChI is InChI=1S/C11H18N4/c1-8-7-9(14-10(12-3)13-8)15-11(2)5-4-6-11/h7H,4-6H2,1-3H3,(H2,12,13,14,15). The Hall–Kier alpha value is -1.32. The van der Waals surface area contributed by atoms with E-state index in [2.05, 4.69) is 27.5 Å². The molecule has 1 heterocycles. The molecule has 1 aliphatic carbocycles. The van der Waals surface area contributed by atoms with Crippen LogP contribution in [0.15, 0.2) is 6.07 Å². The number of anilines is 2. The Morgan fingerprint density at radius 2 is 2.07 bits per heavy atom. The lowest BCUT2D eigenvalue weighted by Crippen LogP contribution is -2.41. The molecule has 0 radical (unpaired) electrons. The third kappa shape index (κ3) is 2.19. The van der Waals surface area contributed by atoms with Crippen molar-refractivity contribution in [3.05, 3.63) is 11.8 Å². The maximum Gasteiger partial charge on any atom is 0.224 e. The van der Waals surface area contributed by atoms with E-state index in [0.29, 0.717) is 5.95 Å². The van der Waals surface area contributed by atoms with Crippen molar-refractivity contribution in [3.8, 4) is 0 Å². The largest absolute Gasteiger partial charge is 0.365 e. The van der Waals surface area contributed by atoms with Gasteiger partial charge in [-0.2, -0.15) is 4.98 Å². The minimum absolute atomic E-state index is 0.242. The highest BCUT2D eigenvalue weighted by molar-refractivity contribution is 5.44. The first-order chi connectivity index (χ1) is 7.11. The molecule has 1 aliphatic rings. The van der Waals surface area contributed by atoms with Gasteiger partial charge < -0.3 is 10.6 Å². The maximum absolute atomic E-state index is 4.39. The van der Waals surface area contributed by atoms with Crippen molar-refractivity contribution in [2.24, 2.45) is 0 Å². The molecule has 82 valence electrons. The molecule has 0 spiro atoms. The lowest BCUT2D eigenvalue weighted by atomic mass is 9.78. The van der Waals surface area contributed by atoms with Crippen LogP contribution in [0.3, 0.4) is 0 Å². The van der Waals surface area contributed by atoms with Crippen molar-refractivity contribution < 1.29 is 0 Å². The van der Waals surface area contributed by atoms with Crippen molar-refractivity contribution in [1.29, 1.82) is 0 Å². The molecule has 0 aliphatic heterocycles. The van der Waals surface area contributed by atoms with E-state index in [4.69, 9.17) is 0 Å². The summed E-state index contributed by atoms with van der Waals surface area (Å²) >= 11 is 0. The second kappa shape index (κ2) is 3.68. The van der Waals surface area contributed by atoms with E-state index in [-0.39, 0.29) is 5.54 Å². The van der Waals surface area contributed by atoms with Crippen LogP contribution in [0.1, 0.15) is 31.9 Å². The van der Waals surface area contributed by atoms with Crippen LogP contribution < -0.4 is 10.6 Å². The Bertz CT molecular complexity index is 358. The van der Waals surface area contributed by atoms with Gasteiger partial charge in [-0.25, -0.2) is 4.98 Å².